The topological polar surface area (TPSA) is 49.4 Å². The maximum Gasteiger partial charge on any atom is 0.225 e. The zero-order chi connectivity index (χ0) is 20.8. The number of nitrogens with zero attached hydrogens (tertiary/aromatic N) is 1. The Kier molecular flexibility index (Phi) is 7.08. The van der Waals surface area contributed by atoms with Crippen molar-refractivity contribution in [1.29, 1.82) is 0 Å². The van der Waals surface area contributed by atoms with E-state index in [0.717, 1.165) is 43.4 Å². The van der Waals surface area contributed by atoms with Gasteiger partial charge in [0.15, 0.2) is 0 Å². The van der Waals surface area contributed by atoms with Gasteiger partial charge in [0.25, 0.3) is 0 Å². The quantitative estimate of drug-likeness (QED) is 0.761. The Labute approximate surface area is 174 Å². The van der Waals surface area contributed by atoms with Crippen molar-refractivity contribution in [3.05, 3.63) is 70.8 Å². The standard InChI is InChI=1S/C25H32N2O2/c1-4-15-27(23-14-13-20-7-5-6-8-22(20)16-23)25(29)17-24(26-19(3)28)21-11-9-18(2)10-12-21/h5-12,23-24H,4,13-17H2,1-3H3,(H,26,28). The molecule has 0 fully saturated rings. The summed E-state index contributed by atoms with van der Waals surface area (Å²) in [6.07, 6.45) is 4.15. The summed E-state index contributed by atoms with van der Waals surface area (Å²) in [5.74, 6) is 0.00701. The number of carbonyl (C=O) groups is 2. The molecule has 29 heavy (non-hydrogen) atoms. The molecule has 2 aromatic carbocycles. The second kappa shape index (κ2) is 9.73. The molecule has 0 heterocycles. The maximum absolute atomic E-state index is 13.4. The highest BCUT2D eigenvalue weighted by molar-refractivity contribution is 5.79. The number of carbonyl (C=O) groups excluding carboxylic acids is 2. The Bertz CT molecular complexity index is 844. The van der Waals surface area contributed by atoms with Crippen molar-refractivity contribution in [1.82, 2.24) is 10.2 Å². The SMILES string of the molecule is CCCN(C(=O)CC(NC(C)=O)c1ccc(C)cc1)C1CCc2ccccc2C1. The molecule has 154 valence electrons. The van der Waals surface area contributed by atoms with E-state index in [-0.39, 0.29) is 23.9 Å². The lowest BCUT2D eigenvalue weighted by Gasteiger charge is -2.36. The van der Waals surface area contributed by atoms with E-state index >= 15 is 0 Å². The molecule has 0 bridgehead atoms. The summed E-state index contributed by atoms with van der Waals surface area (Å²) in [7, 11) is 0. The Morgan fingerprint density at radius 2 is 1.79 bits per heavy atom. The van der Waals surface area contributed by atoms with E-state index < -0.39 is 0 Å². The van der Waals surface area contributed by atoms with Crippen LogP contribution in [0, 0.1) is 6.92 Å². The Morgan fingerprint density at radius 3 is 2.45 bits per heavy atom. The van der Waals surface area contributed by atoms with Crippen LogP contribution in [-0.4, -0.2) is 29.3 Å². The first kappa shape index (κ1) is 21.1. The number of aryl methyl sites for hydroxylation is 2. The van der Waals surface area contributed by atoms with Crippen molar-refractivity contribution in [2.24, 2.45) is 0 Å². The van der Waals surface area contributed by atoms with Gasteiger partial charge in [0.2, 0.25) is 11.8 Å². The molecule has 3 rings (SSSR count). The highest BCUT2D eigenvalue weighted by Crippen LogP contribution is 2.27. The third-order valence-corrected chi connectivity index (χ3v) is 5.78. The van der Waals surface area contributed by atoms with Gasteiger partial charge in [-0.05, 0) is 49.3 Å². The van der Waals surface area contributed by atoms with Gasteiger partial charge in [-0.15, -0.1) is 0 Å². The van der Waals surface area contributed by atoms with Crippen molar-refractivity contribution >= 4 is 11.8 Å². The van der Waals surface area contributed by atoms with Crippen molar-refractivity contribution in [3.8, 4) is 0 Å². The molecule has 0 radical (unpaired) electrons. The van der Waals surface area contributed by atoms with Crippen molar-refractivity contribution in [2.45, 2.75) is 65.0 Å². The third kappa shape index (κ3) is 5.47. The molecular formula is C25H32N2O2. The van der Waals surface area contributed by atoms with Crippen molar-refractivity contribution < 1.29 is 9.59 Å². The minimum absolute atomic E-state index is 0.114. The van der Waals surface area contributed by atoms with E-state index in [0.29, 0.717) is 6.42 Å². The summed E-state index contributed by atoms with van der Waals surface area (Å²) in [6, 6.07) is 16.5. The van der Waals surface area contributed by atoms with Crippen LogP contribution in [0.15, 0.2) is 48.5 Å². The molecule has 1 aliphatic rings. The molecule has 0 saturated heterocycles. The maximum atomic E-state index is 13.4. The van der Waals surface area contributed by atoms with Gasteiger partial charge >= 0.3 is 0 Å². The van der Waals surface area contributed by atoms with Crippen LogP contribution in [0.2, 0.25) is 0 Å². The van der Waals surface area contributed by atoms with Gasteiger partial charge in [0, 0.05) is 19.5 Å². The van der Waals surface area contributed by atoms with E-state index in [4.69, 9.17) is 0 Å². The van der Waals surface area contributed by atoms with Crippen LogP contribution in [0.5, 0.6) is 0 Å². The molecule has 1 N–H and O–H groups in total. The first-order valence-corrected chi connectivity index (χ1v) is 10.7. The summed E-state index contributed by atoms with van der Waals surface area (Å²) in [6.45, 7) is 6.41. The molecule has 2 atom stereocenters. The number of hydrogen-bond acceptors (Lipinski definition) is 2. The van der Waals surface area contributed by atoms with E-state index in [1.807, 2.05) is 31.2 Å². The number of benzene rings is 2. The summed E-state index contributed by atoms with van der Waals surface area (Å²) >= 11 is 0. The first-order chi connectivity index (χ1) is 14.0. The largest absolute Gasteiger partial charge is 0.349 e. The average molecular weight is 393 g/mol. The highest BCUT2D eigenvalue weighted by atomic mass is 16.2. The normalized spacial score (nSPS) is 16.6. The number of fused-ring (bicyclic) bond motifs is 1. The smallest absolute Gasteiger partial charge is 0.225 e. The minimum atomic E-state index is -0.296. The van der Waals surface area contributed by atoms with Crippen LogP contribution >= 0.6 is 0 Å². The summed E-state index contributed by atoms with van der Waals surface area (Å²) in [5, 5.41) is 2.98. The van der Waals surface area contributed by atoms with Crippen LogP contribution in [0.1, 0.15) is 61.4 Å². The van der Waals surface area contributed by atoms with Gasteiger partial charge in [-0.25, -0.2) is 0 Å². The molecule has 2 amide bonds. The highest BCUT2D eigenvalue weighted by Gasteiger charge is 2.29. The molecule has 2 unspecified atom stereocenters. The van der Waals surface area contributed by atoms with Crippen LogP contribution in [-0.2, 0) is 22.4 Å². The molecular weight excluding hydrogens is 360 g/mol. The van der Waals surface area contributed by atoms with Crippen molar-refractivity contribution in [2.75, 3.05) is 6.54 Å². The Balaban J connectivity index is 1.76. The first-order valence-electron chi connectivity index (χ1n) is 10.7. The van der Waals surface area contributed by atoms with Gasteiger partial charge in [0.1, 0.15) is 0 Å². The number of rotatable bonds is 7. The summed E-state index contributed by atoms with van der Waals surface area (Å²) < 4.78 is 0. The van der Waals surface area contributed by atoms with Crippen LogP contribution < -0.4 is 5.32 Å². The third-order valence-electron chi connectivity index (χ3n) is 5.78. The predicted molar refractivity (Wildman–Crippen MR) is 117 cm³/mol. The lowest BCUT2D eigenvalue weighted by atomic mass is 9.87. The van der Waals surface area contributed by atoms with Crippen LogP contribution in [0.3, 0.4) is 0 Å². The molecule has 0 spiro atoms. The lowest BCUT2D eigenvalue weighted by Crippen LogP contribution is -2.45. The lowest BCUT2D eigenvalue weighted by molar-refractivity contribution is -0.134. The molecule has 0 aliphatic heterocycles. The van der Waals surface area contributed by atoms with Gasteiger partial charge in [0.05, 0.1) is 12.5 Å². The molecule has 4 nitrogen and oxygen atoms in total. The molecule has 0 aromatic heterocycles. The van der Waals surface area contributed by atoms with E-state index in [1.54, 1.807) is 0 Å². The van der Waals surface area contributed by atoms with Crippen LogP contribution in [0.4, 0.5) is 0 Å². The number of amides is 2. The molecule has 1 aliphatic carbocycles. The van der Waals surface area contributed by atoms with Gasteiger partial charge in [-0.1, -0.05) is 61.0 Å². The van der Waals surface area contributed by atoms with Crippen molar-refractivity contribution in [3.63, 3.8) is 0 Å². The minimum Gasteiger partial charge on any atom is -0.349 e. The van der Waals surface area contributed by atoms with Crippen LogP contribution in [0.25, 0.3) is 0 Å². The Morgan fingerprint density at radius 1 is 1.10 bits per heavy atom. The summed E-state index contributed by atoms with van der Waals surface area (Å²) in [4.78, 5) is 27.2. The average Bonchev–Trinajstić information content (AvgIpc) is 2.71. The van der Waals surface area contributed by atoms with Gasteiger partial charge in [-0.2, -0.15) is 0 Å². The zero-order valence-corrected chi connectivity index (χ0v) is 17.8. The van der Waals surface area contributed by atoms with E-state index in [1.165, 1.54) is 18.1 Å². The number of nitrogens with one attached hydrogen (secondary N) is 1. The van der Waals surface area contributed by atoms with Gasteiger partial charge < -0.3 is 10.2 Å². The van der Waals surface area contributed by atoms with E-state index in [9.17, 15) is 9.59 Å². The molecule has 0 saturated carbocycles. The fourth-order valence-electron chi connectivity index (χ4n) is 4.28. The second-order valence-electron chi connectivity index (χ2n) is 8.12. The van der Waals surface area contributed by atoms with Gasteiger partial charge in [-0.3, -0.25) is 9.59 Å². The summed E-state index contributed by atoms with van der Waals surface area (Å²) in [5.41, 5.74) is 4.90. The second-order valence-corrected chi connectivity index (χ2v) is 8.12. The molecule has 2 aromatic rings. The number of hydrogen-bond donors (Lipinski definition) is 1. The fourth-order valence-corrected chi connectivity index (χ4v) is 4.28. The van der Waals surface area contributed by atoms with E-state index in [2.05, 4.69) is 41.4 Å². The predicted octanol–water partition coefficient (Wildman–Crippen LogP) is 4.36. The fraction of sp³-hybridized carbons (Fsp3) is 0.440. The monoisotopic (exact) mass is 392 g/mol. The Hall–Kier alpha value is -2.62. The molecule has 4 heteroatoms. The zero-order valence-electron chi connectivity index (χ0n) is 17.8.